The minimum absolute atomic E-state index is 0.214. The molecule has 4 nitrogen and oxygen atoms in total. The molecule has 0 saturated heterocycles. The van der Waals surface area contributed by atoms with Gasteiger partial charge in [0.25, 0.3) is 5.91 Å². The molecule has 3 aromatic rings. The predicted molar refractivity (Wildman–Crippen MR) is 94.9 cm³/mol. The Morgan fingerprint density at radius 2 is 1.70 bits per heavy atom. The Bertz CT molecular complexity index is 982. The van der Waals surface area contributed by atoms with Crippen LogP contribution in [0.3, 0.4) is 0 Å². The largest absolute Gasteiger partial charge is 0.483 e. The maximum atomic E-state index is 12.5. The maximum Gasteiger partial charge on any atom is 0.416 e. The topological polar surface area (TPSA) is 55.4 Å². The van der Waals surface area contributed by atoms with Crippen molar-refractivity contribution >= 4 is 28.7 Å². The molecule has 0 atom stereocenters. The molecule has 3 rings (SSSR count). The summed E-state index contributed by atoms with van der Waals surface area (Å²) in [5.41, 5.74) is -0.260. The van der Waals surface area contributed by atoms with Gasteiger partial charge in [0.05, 0.1) is 11.1 Å². The van der Waals surface area contributed by atoms with E-state index in [1.807, 2.05) is 12.1 Å². The first-order chi connectivity index (χ1) is 12.9. The normalized spacial score (nSPS) is 11.2. The van der Waals surface area contributed by atoms with Crippen molar-refractivity contribution in [3.05, 3.63) is 71.8 Å². The molecule has 138 valence electrons. The molecular formula is C20H14F3NO3. The molecule has 1 amide bonds. The van der Waals surface area contributed by atoms with Gasteiger partial charge in [-0.2, -0.15) is 13.2 Å². The van der Waals surface area contributed by atoms with Crippen molar-refractivity contribution in [1.82, 2.24) is 0 Å². The minimum atomic E-state index is -4.44. The summed E-state index contributed by atoms with van der Waals surface area (Å²) < 4.78 is 43.0. The van der Waals surface area contributed by atoms with Crippen molar-refractivity contribution in [3.63, 3.8) is 0 Å². The molecule has 0 aliphatic rings. The number of hydrogen-bond donors (Lipinski definition) is 1. The second-order valence-corrected chi connectivity index (χ2v) is 5.73. The van der Waals surface area contributed by atoms with Crippen molar-refractivity contribution in [2.45, 2.75) is 6.18 Å². The molecule has 27 heavy (non-hydrogen) atoms. The number of nitrogens with one attached hydrogen (secondary N) is 1. The van der Waals surface area contributed by atoms with Gasteiger partial charge in [0, 0.05) is 5.69 Å². The molecule has 0 saturated carbocycles. The lowest BCUT2D eigenvalue weighted by molar-refractivity contribution is -0.137. The van der Waals surface area contributed by atoms with Crippen LogP contribution in [0.5, 0.6) is 5.75 Å². The van der Waals surface area contributed by atoms with Gasteiger partial charge < -0.3 is 10.1 Å². The number of carbonyl (C=O) groups excluding carboxylic acids is 2. The van der Waals surface area contributed by atoms with Crippen LogP contribution in [0.25, 0.3) is 10.8 Å². The smallest absolute Gasteiger partial charge is 0.416 e. The zero-order valence-corrected chi connectivity index (χ0v) is 13.9. The van der Waals surface area contributed by atoms with Gasteiger partial charge in [0.15, 0.2) is 12.9 Å². The van der Waals surface area contributed by atoms with Gasteiger partial charge in [-0.05, 0) is 41.1 Å². The molecule has 3 aromatic carbocycles. The summed E-state index contributed by atoms with van der Waals surface area (Å²) in [6.45, 7) is -0.389. The van der Waals surface area contributed by atoms with Crippen LogP contribution < -0.4 is 10.1 Å². The average Bonchev–Trinajstić information content (AvgIpc) is 2.65. The molecule has 0 unspecified atom stereocenters. The Morgan fingerprint density at radius 1 is 1.00 bits per heavy atom. The van der Waals surface area contributed by atoms with E-state index in [4.69, 9.17) is 4.74 Å². The number of carbonyl (C=O) groups is 2. The maximum absolute atomic E-state index is 12.5. The molecular weight excluding hydrogens is 359 g/mol. The Morgan fingerprint density at radius 3 is 2.37 bits per heavy atom. The van der Waals surface area contributed by atoms with E-state index in [-0.39, 0.29) is 18.0 Å². The van der Waals surface area contributed by atoms with E-state index in [0.29, 0.717) is 17.2 Å². The van der Waals surface area contributed by atoms with Crippen LogP contribution in [0.4, 0.5) is 18.9 Å². The van der Waals surface area contributed by atoms with Crippen molar-refractivity contribution in [3.8, 4) is 5.75 Å². The molecule has 0 aromatic heterocycles. The number of alkyl halides is 3. The van der Waals surface area contributed by atoms with Gasteiger partial charge in [-0.3, -0.25) is 9.59 Å². The first-order valence-electron chi connectivity index (χ1n) is 7.95. The molecule has 0 bridgehead atoms. The zero-order chi connectivity index (χ0) is 19.4. The predicted octanol–water partition coefficient (Wildman–Crippen LogP) is 4.69. The number of ether oxygens (including phenoxy) is 1. The summed E-state index contributed by atoms with van der Waals surface area (Å²) >= 11 is 0. The summed E-state index contributed by atoms with van der Waals surface area (Å²) in [4.78, 5) is 23.4. The lowest BCUT2D eigenvalue weighted by Crippen LogP contribution is -2.20. The van der Waals surface area contributed by atoms with Crippen LogP contribution in [-0.2, 0) is 11.0 Å². The summed E-state index contributed by atoms with van der Waals surface area (Å²) in [6, 6.07) is 14.7. The summed E-state index contributed by atoms with van der Waals surface area (Å²) in [5.74, 6) is -0.300. The van der Waals surface area contributed by atoms with Crippen LogP contribution >= 0.6 is 0 Å². The number of benzene rings is 3. The van der Waals surface area contributed by atoms with E-state index in [1.54, 1.807) is 24.3 Å². The third-order valence-corrected chi connectivity index (χ3v) is 3.90. The third-order valence-electron chi connectivity index (χ3n) is 3.90. The Labute approximate surface area is 152 Å². The first-order valence-corrected chi connectivity index (χ1v) is 7.95. The van der Waals surface area contributed by atoms with Gasteiger partial charge in [-0.25, -0.2) is 0 Å². The highest BCUT2D eigenvalue weighted by Crippen LogP contribution is 2.30. The van der Waals surface area contributed by atoms with Crippen molar-refractivity contribution in [2.24, 2.45) is 0 Å². The fraction of sp³-hybridized carbons (Fsp3) is 0.100. The van der Waals surface area contributed by atoms with Crippen molar-refractivity contribution in [2.75, 3.05) is 11.9 Å². The molecule has 1 N–H and O–H groups in total. The fourth-order valence-corrected chi connectivity index (χ4v) is 2.61. The van der Waals surface area contributed by atoms with Crippen molar-refractivity contribution < 1.29 is 27.5 Å². The minimum Gasteiger partial charge on any atom is -0.483 e. The number of fused-ring (bicyclic) bond motifs is 1. The molecule has 0 aliphatic heterocycles. The molecule has 0 radical (unpaired) electrons. The number of aldehydes is 1. The van der Waals surface area contributed by atoms with E-state index in [0.717, 1.165) is 29.7 Å². The number of amides is 1. The second-order valence-electron chi connectivity index (χ2n) is 5.73. The standard InChI is InChI=1S/C20H14F3NO3/c21-20(22,23)14-6-8-15(9-7-14)24-19(26)12-27-18-10-5-13-3-1-2-4-16(13)17(18)11-25/h1-11H,12H2,(H,24,26). The Kier molecular flexibility index (Phi) is 5.12. The van der Waals surface area contributed by atoms with Crippen molar-refractivity contribution in [1.29, 1.82) is 0 Å². The Hall–Kier alpha value is -3.35. The van der Waals surface area contributed by atoms with Gasteiger partial charge >= 0.3 is 6.18 Å². The van der Waals surface area contributed by atoms with Crippen LogP contribution in [-0.4, -0.2) is 18.8 Å². The van der Waals surface area contributed by atoms with E-state index >= 15 is 0 Å². The highest BCUT2D eigenvalue weighted by Gasteiger charge is 2.29. The van der Waals surface area contributed by atoms with E-state index < -0.39 is 17.6 Å². The quantitative estimate of drug-likeness (QED) is 0.660. The first kappa shape index (κ1) is 18.4. The summed E-state index contributed by atoms with van der Waals surface area (Å²) in [7, 11) is 0. The molecule has 0 spiro atoms. The van der Waals surface area contributed by atoms with Gasteiger partial charge in [0.1, 0.15) is 5.75 Å². The summed E-state index contributed by atoms with van der Waals surface area (Å²) in [5, 5.41) is 4.01. The summed E-state index contributed by atoms with van der Waals surface area (Å²) in [6.07, 6.45) is -3.78. The second kappa shape index (κ2) is 7.49. The SMILES string of the molecule is O=Cc1c(OCC(=O)Nc2ccc(C(F)(F)F)cc2)ccc2ccccc12. The molecule has 0 aliphatic carbocycles. The van der Waals surface area contributed by atoms with Crippen LogP contribution in [0.1, 0.15) is 15.9 Å². The number of anilines is 1. The monoisotopic (exact) mass is 373 g/mol. The highest BCUT2D eigenvalue weighted by molar-refractivity contribution is 6.01. The fourth-order valence-electron chi connectivity index (χ4n) is 2.61. The zero-order valence-electron chi connectivity index (χ0n) is 13.9. The van der Waals surface area contributed by atoms with Gasteiger partial charge in [0.2, 0.25) is 0 Å². The number of halogens is 3. The highest BCUT2D eigenvalue weighted by atomic mass is 19.4. The van der Waals surface area contributed by atoms with Gasteiger partial charge in [-0.15, -0.1) is 0 Å². The lowest BCUT2D eigenvalue weighted by Gasteiger charge is -2.11. The van der Waals surface area contributed by atoms with Gasteiger partial charge in [-0.1, -0.05) is 30.3 Å². The molecule has 0 heterocycles. The average molecular weight is 373 g/mol. The molecule has 7 heteroatoms. The Balaban J connectivity index is 1.67. The van der Waals surface area contributed by atoms with Crippen LogP contribution in [0, 0.1) is 0 Å². The van der Waals surface area contributed by atoms with Crippen LogP contribution in [0.2, 0.25) is 0 Å². The lowest BCUT2D eigenvalue weighted by atomic mass is 10.0. The molecule has 0 fully saturated rings. The van der Waals surface area contributed by atoms with E-state index in [2.05, 4.69) is 5.32 Å². The number of rotatable bonds is 5. The van der Waals surface area contributed by atoms with Crippen LogP contribution in [0.15, 0.2) is 60.7 Å². The van der Waals surface area contributed by atoms with E-state index in [1.165, 1.54) is 0 Å². The number of hydrogen-bond acceptors (Lipinski definition) is 3. The van der Waals surface area contributed by atoms with E-state index in [9.17, 15) is 22.8 Å². The third kappa shape index (κ3) is 4.25.